The quantitative estimate of drug-likeness (QED) is 0.794. The molecular formula is C15H21ClFNO. The predicted octanol–water partition coefficient (Wildman–Crippen LogP) is 3.71. The van der Waals surface area contributed by atoms with Crippen molar-refractivity contribution in [2.24, 2.45) is 0 Å². The van der Waals surface area contributed by atoms with Crippen LogP contribution in [0, 0.1) is 5.82 Å². The van der Waals surface area contributed by atoms with Crippen LogP contribution in [0.4, 0.5) is 4.39 Å². The minimum atomic E-state index is -0.588. The van der Waals surface area contributed by atoms with Crippen molar-refractivity contribution in [1.29, 1.82) is 0 Å². The second-order valence-electron chi connectivity index (χ2n) is 5.07. The van der Waals surface area contributed by atoms with Crippen LogP contribution in [0.3, 0.4) is 0 Å². The zero-order valence-electron chi connectivity index (χ0n) is 12.0. The van der Waals surface area contributed by atoms with Gasteiger partial charge in [-0.3, -0.25) is 9.69 Å². The highest BCUT2D eigenvalue weighted by molar-refractivity contribution is 6.30. The van der Waals surface area contributed by atoms with Crippen molar-refractivity contribution in [1.82, 2.24) is 4.90 Å². The summed E-state index contributed by atoms with van der Waals surface area (Å²) < 4.78 is 13.7. The predicted molar refractivity (Wildman–Crippen MR) is 77.1 cm³/mol. The lowest BCUT2D eigenvalue weighted by Gasteiger charge is -2.35. The molecule has 0 heterocycles. The van der Waals surface area contributed by atoms with Gasteiger partial charge in [-0.25, -0.2) is 4.39 Å². The normalized spacial score (nSPS) is 11.9. The van der Waals surface area contributed by atoms with E-state index in [2.05, 4.69) is 4.90 Å². The molecule has 0 saturated heterocycles. The molecule has 0 aliphatic rings. The fourth-order valence-corrected chi connectivity index (χ4v) is 2.40. The maximum Gasteiger partial charge on any atom is 0.156 e. The van der Waals surface area contributed by atoms with Crippen LogP contribution in [-0.2, 0) is 11.2 Å². The third kappa shape index (κ3) is 3.77. The Labute approximate surface area is 119 Å². The summed E-state index contributed by atoms with van der Waals surface area (Å²) in [5, 5.41) is 0.344. The summed E-state index contributed by atoms with van der Waals surface area (Å²) in [7, 11) is 0. The molecule has 0 bridgehead atoms. The summed E-state index contributed by atoms with van der Waals surface area (Å²) in [5.41, 5.74) is -0.190. The third-order valence-corrected chi connectivity index (χ3v) is 3.84. The van der Waals surface area contributed by atoms with Crippen molar-refractivity contribution >= 4 is 17.4 Å². The van der Waals surface area contributed by atoms with Gasteiger partial charge >= 0.3 is 0 Å². The van der Waals surface area contributed by atoms with E-state index in [9.17, 15) is 9.18 Å². The molecule has 4 heteroatoms. The Morgan fingerprint density at radius 1 is 1.32 bits per heavy atom. The molecule has 2 nitrogen and oxygen atoms in total. The van der Waals surface area contributed by atoms with E-state index >= 15 is 0 Å². The van der Waals surface area contributed by atoms with Gasteiger partial charge in [-0.05, 0) is 44.6 Å². The Bertz CT molecular complexity index is 455. The molecule has 0 atom stereocenters. The van der Waals surface area contributed by atoms with Gasteiger partial charge in [-0.1, -0.05) is 31.5 Å². The molecule has 106 valence electrons. The molecule has 0 fully saturated rings. The fourth-order valence-electron chi connectivity index (χ4n) is 2.24. The Kier molecular flexibility index (Phi) is 5.50. The summed E-state index contributed by atoms with van der Waals surface area (Å²) in [5.74, 6) is -0.409. The van der Waals surface area contributed by atoms with Gasteiger partial charge in [0.05, 0.1) is 5.54 Å². The van der Waals surface area contributed by atoms with Gasteiger partial charge in [0.15, 0.2) is 5.78 Å². The average Bonchev–Trinajstić information content (AvgIpc) is 2.33. The van der Waals surface area contributed by atoms with Gasteiger partial charge in [-0.15, -0.1) is 0 Å². The number of hydrogen-bond acceptors (Lipinski definition) is 2. The lowest BCUT2D eigenvalue weighted by molar-refractivity contribution is -0.128. The number of carbonyl (C=O) groups is 1. The smallest absolute Gasteiger partial charge is 0.156 e. The minimum Gasteiger partial charge on any atom is -0.297 e. The van der Waals surface area contributed by atoms with E-state index in [4.69, 9.17) is 11.6 Å². The van der Waals surface area contributed by atoms with Crippen molar-refractivity contribution in [2.45, 2.75) is 39.7 Å². The van der Waals surface area contributed by atoms with Crippen LogP contribution < -0.4 is 0 Å². The van der Waals surface area contributed by atoms with Crippen molar-refractivity contribution in [2.75, 3.05) is 13.1 Å². The maximum absolute atomic E-state index is 13.7. The molecule has 0 N–H and O–H groups in total. The highest BCUT2D eigenvalue weighted by Gasteiger charge is 2.32. The summed E-state index contributed by atoms with van der Waals surface area (Å²) in [6.07, 6.45) is 0.0898. The number of halogens is 2. The number of carbonyl (C=O) groups excluding carboxylic acids is 1. The van der Waals surface area contributed by atoms with E-state index in [1.165, 1.54) is 6.07 Å². The largest absolute Gasteiger partial charge is 0.297 e. The first-order valence-corrected chi connectivity index (χ1v) is 6.93. The molecule has 0 aliphatic heterocycles. The van der Waals surface area contributed by atoms with E-state index < -0.39 is 11.4 Å². The average molecular weight is 286 g/mol. The number of benzene rings is 1. The molecule has 1 rings (SSSR count). The summed E-state index contributed by atoms with van der Waals surface area (Å²) in [4.78, 5) is 14.5. The Morgan fingerprint density at radius 3 is 2.37 bits per heavy atom. The monoisotopic (exact) mass is 285 g/mol. The second kappa shape index (κ2) is 6.49. The highest BCUT2D eigenvalue weighted by Crippen LogP contribution is 2.21. The van der Waals surface area contributed by atoms with E-state index in [0.29, 0.717) is 10.6 Å². The first kappa shape index (κ1) is 16.1. The van der Waals surface area contributed by atoms with Crippen LogP contribution in [0.2, 0.25) is 5.02 Å². The molecule has 0 aromatic heterocycles. The number of ketones is 1. The summed E-state index contributed by atoms with van der Waals surface area (Å²) in [6.45, 7) is 9.38. The molecule has 1 aromatic carbocycles. The standard InChI is InChI=1S/C15H21ClFNO/c1-5-18(6-2)15(3,4)14(19)9-11-7-8-12(16)10-13(11)17/h7-8,10H,5-6,9H2,1-4H3. The van der Waals surface area contributed by atoms with Crippen LogP contribution in [0.5, 0.6) is 0 Å². The minimum absolute atomic E-state index is 0.0115. The van der Waals surface area contributed by atoms with Crippen molar-refractivity contribution in [3.63, 3.8) is 0 Å². The lowest BCUT2D eigenvalue weighted by atomic mass is 9.91. The second-order valence-corrected chi connectivity index (χ2v) is 5.50. The van der Waals surface area contributed by atoms with E-state index in [1.54, 1.807) is 12.1 Å². The number of nitrogens with zero attached hydrogens (tertiary/aromatic N) is 1. The molecule has 0 spiro atoms. The van der Waals surface area contributed by atoms with Crippen LogP contribution in [0.1, 0.15) is 33.3 Å². The molecule has 0 saturated carbocycles. The molecular weight excluding hydrogens is 265 g/mol. The van der Waals surface area contributed by atoms with Crippen molar-refractivity contribution in [3.05, 3.63) is 34.6 Å². The van der Waals surface area contributed by atoms with E-state index in [-0.39, 0.29) is 12.2 Å². The molecule has 0 radical (unpaired) electrons. The molecule has 0 amide bonds. The molecule has 1 aromatic rings. The zero-order chi connectivity index (χ0) is 14.6. The molecule has 0 unspecified atom stereocenters. The van der Waals surface area contributed by atoms with Gasteiger partial charge in [0, 0.05) is 11.4 Å². The van der Waals surface area contributed by atoms with E-state index in [1.807, 2.05) is 27.7 Å². The topological polar surface area (TPSA) is 20.3 Å². The zero-order valence-corrected chi connectivity index (χ0v) is 12.7. The first-order chi connectivity index (χ1) is 8.82. The van der Waals surface area contributed by atoms with Crippen molar-refractivity contribution in [3.8, 4) is 0 Å². The Hall–Kier alpha value is -0.930. The highest BCUT2D eigenvalue weighted by atomic mass is 35.5. The molecule has 0 aliphatic carbocycles. The SMILES string of the molecule is CCN(CC)C(C)(C)C(=O)Cc1ccc(Cl)cc1F. The van der Waals surface area contributed by atoms with Gasteiger partial charge < -0.3 is 0 Å². The molecule has 19 heavy (non-hydrogen) atoms. The summed E-state index contributed by atoms with van der Waals surface area (Å²) >= 11 is 5.71. The van der Waals surface area contributed by atoms with Gasteiger partial charge in [0.1, 0.15) is 5.82 Å². The number of rotatable bonds is 6. The van der Waals surface area contributed by atoms with Crippen LogP contribution >= 0.6 is 11.6 Å². The van der Waals surface area contributed by atoms with Gasteiger partial charge in [0.25, 0.3) is 0 Å². The Balaban J connectivity index is 2.89. The Morgan fingerprint density at radius 2 is 1.89 bits per heavy atom. The van der Waals surface area contributed by atoms with Gasteiger partial charge in [-0.2, -0.15) is 0 Å². The fraction of sp³-hybridized carbons (Fsp3) is 0.533. The summed E-state index contributed by atoms with van der Waals surface area (Å²) in [6, 6.07) is 4.43. The lowest BCUT2D eigenvalue weighted by Crippen LogP contribution is -2.50. The van der Waals surface area contributed by atoms with E-state index in [0.717, 1.165) is 13.1 Å². The number of likely N-dealkylation sites (N-methyl/N-ethyl adjacent to an activating group) is 1. The van der Waals surface area contributed by atoms with Gasteiger partial charge in [0.2, 0.25) is 0 Å². The number of Topliss-reactive ketones (excluding diaryl/α,β-unsaturated/α-hetero) is 1. The van der Waals surface area contributed by atoms with Crippen LogP contribution in [0.15, 0.2) is 18.2 Å². The van der Waals surface area contributed by atoms with Crippen LogP contribution in [0.25, 0.3) is 0 Å². The maximum atomic E-state index is 13.7. The van der Waals surface area contributed by atoms with Crippen molar-refractivity contribution < 1.29 is 9.18 Å². The third-order valence-electron chi connectivity index (χ3n) is 3.60. The van der Waals surface area contributed by atoms with Crippen LogP contribution in [-0.4, -0.2) is 29.3 Å². The first-order valence-electron chi connectivity index (χ1n) is 6.55. The number of hydrogen-bond donors (Lipinski definition) is 0.